The summed E-state index contributed by atoms with van der Waals surface area (Å²) in [4.78, 5) is 20.3. The highest BCUT2D eigenvalue weighted by molar-refractivity contribution is 5.98. The topological polar surface area (TPSA) is 78.1 Å². The van der Waals surface area contributed by atoms with Crippen molar-refractivity contribution < 1.29 is 9.53 Å². The van der Waals surface area contributed by atoms with Gasteiger partial charge in [0.15, 0.2) is 11.5 Å². The van der Waals surface area contributed by atoms with Crippen molar-refractivity contribution >= 4 is 5.78 Å². The molecule has 1 aromatic rings. The van der Waals surface area contributed by atoms with Gasteiger partial charge < -0.3 is 10.5 Å². The van der Waals surface area contributed by atoms with Crippen LogP contribution in [0.3, 0.4) is 0 Å². The van der Waals surface area contributed by atoms with Crippen LogP contribution < -0.4 is 10.5 Å². The quantitative estimate of drug-likeness (QED) is 0.796. The second-order valence-corrected chi connectivity index (χ2v) is 4.39. The molecule has 1 fully saturated rings. The Hall–Kier alpha value is -1.49. The first-order chi connectivity index (χ1) is 8.22. The molecule has 0 unspecified atom stereocenters. The van der Waals surface area contributed by atoms with Gasteiger partial charge in [-0.2, -0.15) is 0 Å². The fourth-order valence-corrected chi connectivity index (χ4v) is 2.22. The van der Waals surface area contributed by atoms with E-state index in [-0.39, 0.29) is 17.7 Å². The third-order valence-electron chi connectivity index (χ3n) is 3.23. The summed E-state index contributed by atoms with van der Waals surface area (Å²) in [6, 6.07) is 0.239. The average molecular weight is 235 g/mol. The van der Waals surface area contributed by atoms with E-state index in [0.717, 1.165) is 25.7 Å². The van der Waals surface area contributed by atoms with Crippen molar-refractivity contribution in [3.63, 3.8) is 0 Å². The monoisotopic (exact) mass is 235 g/mol. The molecule has 5 heteroatoms. The van der Waals surface area contributed by atoms with Crippen LogP contribution in [0.25, 0.3) is 0 Å². The number of ether oxygens (including phenoxy) is 1. The Balaban J connectivity index is 2.14. The van der Waals surface area contributed by atoms with Crippen molar-refractivity contribution in [1.82, 2.24) is 9.97 Å². The van der Waals surface area contributed by atoms with Gasteiger partial charge in [-0.3, -0.25) is 4.79 Å². The first kappa shape index (κ1) is 12.0. The van der Waals surface area contributed by atoms with Crippen LogP contribution in [0.15, 0.2) is 12.4 Å². The highest BCUT2D eigenvalue weighted by atomic mass is 16.5. The molecule has 0 bridgehead atoms. The number of ketones is 1. The summed E-state index contributed by atoms with van der Waals surface area (Å²) in [5.74, 6) is 0.356. The summed E-state index contributed by atoms with van der Waals surface area (Å²) < 4.78 is 5.06. The lowest BCUT2D eigenvalue weighted by Crippen LogP contribution is -2.30. The lowest BCUT2D eigenvalue weighted by atomic mass is 9.83. The predicted octanol–water partition coefficient (Wildman–Crippen LogP) is 1.19. The fourth-order valence-electron chi connectivity index (χ4n) is 2.22. The summed E-state index contributed by atoms with van der Waals surface area (Å²) in [5.41, 5.74) is 6.17. The average Bonchev–Trinajstić information content (AvgIpc) is 2.39. The van der Waals surface area contributed by atoms with Crippen LogP contribution in [0, 0.1) is 5.92 Å². The first-order valence-electron chi connectivity index (χ1n) is 5.87. The van der Waals surface area contributed by atoms with Gasteiger partial charge in [0.2, 0.25) is 5.88 Å². The minimum Gasteiger partial charge on any atom is -0.479 e. The number of nitrogens with two attached hydrogens (primary N) is 1. The molecule has 0 saturated heterocycles. The van der Waals surface area contributed by atoms with Crippen molar-refractivity contribution in [2.24, 2.45) is 11.7 Å². The van der Waals surface area contributed by atoms with Crippen molar-refractivity contribution in [3.8, 4) is 5.88 Å². The molecule has 2 N–H and O–H groups in total. The molecule has 1 heterocycles. The Labute approximate surface area is 100 Å². The third kappa shape index (κ3) is 2.61. The Kier molecular flexibility index (Phi) is 3.68. The maximum Gasteiger partial charge on any atom is 0.243 e. The summed E-state index contributed by atoms with van der Waals surface area (Å²) in [6.45, 7) is 0. The molecule has 1 aliphatic carbocycles. The molecule has 1 aromatic heterocycles. The van der Waals surface area contributed by atoms with Gasteiger partial charge in [-0.1, -0.05) is 0 Å². The second-order valence-electron chi connectivity index (χ2n) is 4.39. The number of nitrogens with zero attached hydrogens (tertiary/aromatic N) is 2. The molecule has 92 valence electrons. The molecule has 2 rings (SSSR count). The van der Waals surface area contributed by atoms with E-state index in [2.05, 4.69) is 9.97 Å². The number of hydrogen-bond donors (Lipinski definition) is 1. The van der Waals surface area contributed by atoms with Gasteiger partial charge in [0.25, 0.3) is 0 Å². The maximum atomic E-state index is 12.3. The normalized spacial score (nSPS) is 24.4. The molecule has 1 saturated carbocycles. The van der Waals surface area contributed by atoms with Crippen LogP contribution in [0.1, 0.15) is 36.2 Å². The van der Waals surface area contributed by atoms with E-state index in [1.807, 2.05) is 0 Å². The van der Waals surface area contributed by atoms with Crippen molar-refractivity contribution in [3.05, 3.63) is 18.1 Å². The van der Waals surface area contributed by atoms with Gasteiger partial charge in [0.1, 0.15) is 0 Å². The number of methoxy groups -OCH3 is 1. The Morgan fingerprint density at radius 3 is 2.59 bits per heavy atom. The number of hydrogen-bond acceptors (Lipinski definition) is 5. The van der Waals surface area contributed by atoms with E-state index >= 15 is 0 Å². The molecule has 5 nitrogen and oxygen atoms in total. The lowest BCUT2D eigenvalue weighted by molar-refractivity contribution is 0.0875. The van der Waals surface area contributed by atoms with Gasteiger partial charge in [-0.05, 0) is 25.7 Å². The summed E-state index contributed by atoms with van der Waals surface area (Å²) in [7, 11) is 1.50. The molecular weight excluding hydrogens is 218 g/mol. The largest absolute Gasteiger partial charge is 0.479 e. The van der Waals surface area contributed by atoms with Crippen LogP contribution in [0.4, 0.5) is 0 Å². The van der Waals surface area contributed by atoms with E-state index in [0.29, 0.717) is 11.6 Å². The molecule has 17 heavy (non-hydrogen) atoms. The molecule has 1 aliphatic rings. The maximum absolute atomic E-state index is 12.3. The van der Waals surface area contributed by atoms with E-state index < -0.39 is 0 Å². The fraction of sp³-hybridized carbons (Fsp3) is 0.583. The highest BCUT2D eigenvalue weighted by Crippen LogP contribution is 2.27. The Morgan fingerprint density at radius 2 is 1.94 bits per heavy atom. The Bertz CT molecular complexity index is 400. The molecule has 0 aromatic carbocycles. The van der Waals surface area contributed by atoms with Crippen LogP contribution >= 0.6 is 0 Å². The van der Waals surface area contributed by atoms with E-state index in [1.165, 1.54) is 19.5 Å². The number of carbonyl (C=O) groups excluding carboxylic acids is 1. The summed E-state index contributed by atoms with van der Waals surface area (Å²) in [6.07, 6.45) is 6.51. The van der Waals surface area contributed by atoms with Crippen LogP contribution in [0.2, 0.25) is 0 Å². The van der Waals surface area contributed by atoms with Crippen molar-refractivity contribution in [2.75, 3.05) is 7.11 Å². The zero-order valence-corrected chi connectivity index (χ0v) is 9.93. The smallest absolute Gasteiger partial charge is 0.243 e. The molecule has 0 spiro atoms. The minimum absolute atomic E-state index is 0.0143. The van der Waals surface area contributed by atoms with Crippen molar-refractivity contribution in [2.45, 2.75) is 31.7 Å². The molecule has 0 aliphatic heterocycles. The summed E-state index contributed by atoms with van der Waals surface area (Å²) >= 11 is 0. The molecule has 0 atom stereocenters. The third-order valence-corrected chi connectivity index (χ3v) is 3.23. The lowest BCUT2D eigenvalue weighted by Gasteiger charge is -2.24. The highest BCUT2D eigenvalue weighted by Gasteiger charge is 2.28. The van der Waals surface area contributed by atoms with Crippen LogP contribution in [-0.2, 0) is 0 Å². The zero-order chi connectivity index (χ0) is 12.3. The molecule has 0 amide bonds. The number of Topliss-reactive ketones (excluding diaryl/α,β-unsaturated/α-hetero) is 1. The second kappa shape index (κ2) is 5.23. The van der Waals surface area contributed by atoms with E-state index in [4.69, 9.17) is 10.5 Å². The minimum atomic E-state index is 0.0143. The number of carbonyl (C=O) groups is 1. The van der Waals surface area contributed by atoms with Crippen molar-refractivity contribution in [1.29, 1.82) is 0 Å². The zero-order valence-electron chi connectivity index (χ0n) is 9.93. The number of aromatic nitrogens is 2. The van der Waals surface area contributed by atoms with Gasteiger partial charge in [0, 0.05) is 24.4 Å². The van der Waals surface area contributed by atoms with Gasteiger partial charge in [-0.25, -0.2) is 9.97 Å². The molecule has 0 radical (unpaired) electrons. The standard InChI is InChI=1S/C12H17N3O2/c1-17-12-10(14-6-7-15-12)11(16)8-2-4-9(13)5-3-8/h6-9H,2-5,13H2,1H3. The Morgan fingerprint density at radius 1 is 1.29 bits per heavy atom. The predicted molar refractivity (Wildman–Crippen MR) is 62.8 cm³/mol. The van der Waals surface area contributed by atoms with Crippen LogP contribution in [0.5, 0.6) is 5.88 Å². The number of rotatable bonds is 3. The summed E-state index contributed by atoms with van der Waals surface area (Å²) in [5, 5.41) is 0. The SMILES string of the molecule is COc1nccnc1C(=O)C1CCC(N)CC1. The van der Waals surface area contributed by atoms with Gasteiger partial charge in [-0.15, -0.1) is 0 Å². The van der Waals surface area contributed by atoms with E-state index in [1.54, 1.807) is 0 Å². The molecular formula is C12H17N3O2. The van der Waals surface area contributed by atoms with E-state index in [9.17, 15) is 4.79 Å². The van der Waals surface area contributed by atoms with Gasteiger partial charge >= 0.3 is 0 Å². The first-order valence-corrected chi connectivity index (χ1v) is 5.87. The van der Waals surface area contributed by atoms with Gasteiger partial charge in [0.05, 0.1) is 7.11 Å². The van der Waals surface area contributed by atoms with Crippen LogP contribution in [-0.4, -0.2) is 28.9 Å².